The number of hydrogen-bond donors (Lipinski definition) is 2. The van der Waals surface area contributed by atoms with E-state index in [-0.39, 0.29) is 5.75 Å². The fraction of sp³-hybridized carbons (Fsp3) is 0.292. The lowest BCUT2D eigenvalue weighted by Crippen LogP contribution is -2.49. The van der Waals surface area contributed by atoms with Crippen LogP contribution < -0.4 is 10.7 Å². The highest BCUT2D eigenvalue weighted by molar-refractivity contribution is 7.99. The van der Waals surface area contributed by atoms with Crippen molar-refractivity contribution in [1.29, 1.82) is 0 Å². The van der Waals surface area contributed by atoms with Crippen LogP contribution >= 0.6 is 11.8 Å². The number of carbonyl (C=O) groups is 3. The molecule has 10 heteroatoms. The minimum atomic E-state index is -1.43. The molecule has 2 N–H and O–H groups in total. The molecular formula is C24H24N6O3S. The predicted molar refractivity (Wildman–Crippen MR) is 126 cm³/mol. The summed E-state index contributed by atoms with van der Waals surface area (Å²) in [6, 6.07) is 17.3. The first-order chi connectivity index (χ1) is 16.5. The van der Waals surface area contributed by atoms with Gasteiger partial charge in [0.15, 0.2) is 10.7 Å². The van der Waals surface area contributed by atoms with Crippen molar-refractivity contribution in [1.82, 2.24) is 30.5 Å². The van der Waals surface area contributed by atoms with E-state index in [0.29, 0.717) is 28.7 Å². The van der Waals surface area contributed by atoms with E-state index in [1.807, 2.05) is 23.6 Å². The summed E-state index contributed by atoms with van der Waals surface area (Å²) in [4.78, 5) is 39.3. The number of imide groups is 1. The molecule has 2 heterocycles. The standard InChI is InChI=1S/C24H24N6O3S/c1-2-29-20(16-13-14-16)26-27-23(29)34-15-19(31)28-30-21(32)24(25-22(30)33,17-9-5-3-6-10-17)18-11-7-4-8-12-18/h3-12,16H,2,13-15H2,1H3,(H,25,33)(H,28,31). The van der Waals surface area contributed by atoms with Crippen LogP contribution in [0.4, 0.5) is 4.79 Å². The largest absolute Gasteiger partial charge is 0.344 e. The van der Waals surface area contributed by atoms with E-state index in [1.54, 1.807) is 48.5 Å². The van der Waals surface area contributed by atoms with Gasteiger partial charge in [-0.05, 0) is 30.9 Å². The van der Waals surface area contributed by atoms with E-state index < -0.39 is 23.4 Å². The summed E-state index contributed by atoms with van der Waals surface area (Å²) in [5, 5.41) is 12.7. The van der Waals surface area contributed by atoms with Gasteiger partial charge in [0.1, 0.15) is 5.82 Å². The molecule has 2 fully saturated rings. The summed E-state index contributed by atoms with van der Waals surface area (Å²) in [5.74, 6) is 0.342. The van der Waals surface area contributed by atoms with Crippen molar-refractivity contribution in [3.05, 3.63) is 77.6 Å². The number of benzene rings is 2. The fourth-order valence-corrected chi connectivity index (χ4v) is 5.00. The Morgan fingerprint density at radius 3 is 2.24 bits per heavy atom. The number of urea groups is 1. The summed E-state index contributed by atoms with van der Waals surface area (Å²) in [5.41, 5.74) is 2.26. The summed E-state index contributed by atoms with van der Waals surface area (Å²) in [6.45, 7) is 2.73. The van der Waals surface area contributed by atoms with Gasteiger partial charge in [0, 0.05) is 12.5 Å². The molecule has 1 aromatic heterocycles. The molecule has 1 saturated carbocycles. The third-order valence-corrected chi connectivity index (χ3v) is 6.97. The number of nitrogens with zero attached hydrogens (tertiary/aromatic N) is 4. The summed E-state index contributed by atoms with van der Waals surface area (Å²) < 4.78 is 2.01. The minimum Gasteiger partial charge on any atom is -0.314 e. The van der Waals surface area contributed by atoms with Crippen LogP contribution in [0.1, 0.15) is 42.6 Å². The van der Waals surface area contributed by atoms with Crippen molar-refractivity contribution in [2.45, 2.75) is 42.9 Å². The molecule has 0 bridgehead atoms. The zero-order valence-electron chi connectivity index (χ0n) is 18.6. The third-order valence-electron chi connectivity index (χ3n) is 6.01. The first-order valence-electron chi connectivity index (χ1n) is 11.2. The van der Waals surface area contributed by atoms with E-state index in [4.69, 9.17) is 0 Å². The highest BCUT2D eigenvalue weighted by Gasteiger charge is 2.54. The molecule has 0 spiro atoms. The third kappa shape index (κ3) is 3.83. The molecule has 4 amide bonds. The van der Waals surface area contributed by atoms with E-state index in [9.17, 15) is 14.4 Å². The first-order valence-corrected chi connectivity index (χ1v) is 12.2. The molecular weight excluding hydrogens is 452 g/mol. The average molecular weight is 477 g/mol. The molecule has 0 radical (unpaired) electrons. The van der Waals surface area contributed by atoms with E-state index in [1.165, 1.54) is 11.8 Å². The molecule has 174 valence electrons. The van der Waals surface area contributed by atoms with Crippen LogP contribution in [0.15, 0.2) is 65.8 Å². The maximum absolute atomic E-state index is 13.6. The monoisotopic (exact) mass is 476 g/mol. The van der Waals surface area contributed by atoms with Gasteiger partial charge in [-0.1, -0.05) is 72.4 Å². The number of nitrogens with one attached hydrogen (secondary N) is 2. The summed E-state index contributed by atoms with van der Waals surface area (Å²) in [6.07, 6.45) is 2.22. The number of hydrogen-bond acceptors (Lipinski definition) is 6. The highest BCUT2D eigenvalue weighted by Crippen LogP contribution is 2.40. The second-order valence-corrected chi connectivity index (χ2v) is 9.18. The molecule has 1 aliphatic heterocycles. The van der Waals surface area contributed by atoms with Crippen LogP contribution in [-0.4, -0.2) is 43.4 Å². The zero-order valence-corrected chi connectivity index (χ0v) is 19.4. The number of rotatable bonds is 8. The van der Waals surface area contributed by atoms with Crippen LogP contribution in [-0.2, 0) is 21.7 Å². The number of thioether (sulfide) groups is 1. The van der Waals surface area contributed by atoms with Crippen LogP contribution in [0.3, 0.4) is 0 Å². The zero-order chi connectivity index (χ0) is 23.7. The van der Waals surface area contributed by atoms with Crippen LogP contribution in [0.25, 0.3) is 0 Å². The number of carbonyl (C=O) groups excluding carboxylic acids is 3. The molecule has 2 aliphatic rings. The Morgan fingerprint density at radius 1 is 1.06 bits per heavy atom. The average Bonchev–Trinajstić information content (AvgIpc) is 3.58. The minimum absolute atomic E-state index is 0.0104. The Bertz CT molecular complexity index is 1190. The number of aromatic nitrogens is 3. The van der Waals surface area contributed by atoms with Gasteiger partial charge >= 0.3 is 6.03 Å². The molecule has 1 aliphatic carbocycles. The van der Waals surface area contributed by atoms with Crippen LogP contribution in [0.2, 0.25) is 0 Å². The normalized spacial score (nSPS) is 17.0. The maximum Gasteiger partial charge on any atom is 0.344 e. The molecule has 1 saturated heterocycles. The molecule has 2 aromatic carbocycles. The lowest BCUT2D eigenvalue weighted by Gasteiger charge is -2.27. The first kappa shape index (κ1) is 22.1. The number of hydrazine groups is 1. The fourth-order valence-electron chi connectivity index (χ4n) is 4.20. The predicted octanol–water partition coefficient (Wildman–Crippen LogP) is 2.79. The number of amides is 4. The maximum atomic E-state index is 13.6. The smallest absolute Gasteiger partial charge is 0.314 e. The van der Waals surface area contributed by atoms with Gasteiger partial charge in [-0.15, -0.1) is 10.2 Å². The SMILES string of the molecule is CCn1c(SCC(=O)NN2C(=O)NC(c3ccccc3)(c3ccccc3)C2=O)nnc1C1CC1. The molecule has 9 nitrogen and oxygen atoms in total. The van der Waals surface area contributed by atoms with Crippen molar-refractivity contribution < 1.29 is 14.4 Å². The van der Waals surface area contributed by atoms with Gasteiger partial charge < -0.3 is 9.88 Å². The van der Waals surface area contributed by atoms with Gasteiger partial charge in [0.2, 0.25) is 5.91 Å². The Morgan fingerprint density at radius 2 is 1.68 bits per heavy atom. The molecule has 0 unspecified atom stereocenters. The Hall–Kier alpha value is -3.66. The molecule has 3 aromatic rings. The second-order valence-electron chi connectivity index (χ2n) is 8.24. The van der Waals surface area contributed by atoms with Crippen molar-refractivity contribution >= 4 is 29.6 Å². The lowest BCUT2D eigenvalue weighted by molar-refractivity contribution is -0.137. The van der Waals surface area contributed by atoms with Gasteiger partial charge in [0.05, 0.1) is 5.75 Å². The van der Waals surface area contributed by atoms with Crippen LogP contribution in [0, 0.1) is 0 Å². The Kier molecular flexibility index (Phi) is 5.82. The summed E-state index contributed by atoms with van der Waals surface area (Å²) >= 11 is 1.23. The van der Waals surface area contributed by atoms with Gasteiger partial charge in [-0.3, -0.25) is 15.0 Å². The lowest BCUT2D eigenvalue weighted by atomic mass is 9.83. The molecule has 34 heavy (non-hydrogen) atoms. The van der Waals surface area contributed by atoms with Crippen molar-refractivity contribution in [3.63, 3.8) is 0 Å². The van der Waals surface area contributed by atoms with Gasteiger partial charge in [-0.2, -0.15) is 5.01 Å². The Balaban J connectivity index is 1.34. The highest BCUT2D eigenvalue weighted by atomic mass is 32.2. The molecule has 5 rings (SSSR count). The van der Waals surface area contributed by atoms with Gasteiger partial charge in [0.25, 0.3) is 5.91 Å². The van der Waals surface area contributed by atoms with E-state index >= 15 is 0 Å². The van der Waals surface area contributed by atoms with Gasteiger partial charge in [-0.25, -0.2) is 4.79 Å². The Labute approximate surface area is 200 Å². The quantitative estimate of drug-likeness (QED) is 0.382. The van der Waals surface area contributed by atoms with E-state index in [0.717, 1.165) is 23.7 Å². The second kappa shape index (κ2) is 8.94. The summed E-state index contributed by atoms with van der Waals surface area (Å²) in [7, 11) is 0. The topological polar surface area (TPSA) is 109 Å². The molecule has 0 atom stereocenters. The van der Waals surface area contributed by atoms with Crippen molar-refractivity contribution in [2.75, 3.05) is 5.75 Å². The van der Waals surface area contributed by atoms with Crippen molar-refractivity contribution in [2.24, 2.45) is 0 Å². The van der Waals surface area contributed by atoms with Crippen molar-refractivity contribution in [3.8, 4) is 0 Å². The van der Waals surface area contributed by atoms with E-state index in [2.05, 4.69) is 20.9 Å². The van der Waals surface area contributed by atoms with Crippen LogP contribution in [0.5, 0.6) is 0 Å².